The number of carbonyl (C=O) groups is 1. The average Bonchev–Trinajstić information content (AvgIpc) is 2.63. The average molecular weight is 383 g/mol. The van der Waals surface area contributed by atoms with Crippen LogP contribution in [0.2, 0.25) is 0 Å². The predicted octanol–water partition coefficient (Wildman–Crippen LogP) is 8.08. The van der Waals surface area contributed by atoms with E-state index in [4.69, 9.17) is 9.47 Å². The van der Waals surface area contributed by atoms with Gasteiger partial charge in [-0.1, -0.05) is 91.2 Å². The van der Waals surface area contributed by atoms with Crippen LogP contribution in [-0.4, -0.2) is 18.9 Å². The molecule has 0 bridgehead atoms. The first-order valence-electron chi connectivity index (χ1n) is 11.5. The molecule has 0 aliphatic heterocycles. The van der Waals surface area contributed by atoms with Crippen LogP contribution < -0.4 is 0 Å². The van der Waals surface area contributed by atoms with Crippen molar-refractivity contribution in [3.63, 3.8) is 0 Å². The number of hydrogen-bond acceptors (Lipinski definition) is 3. The number of allylic oxidation sites excluding steroid dienone is 2. The molecule has 0 aliphatic rings. The third-order valence-electron chi connectivity index (χ3n) is 5.18. The second-order valence-electron chi connectivity index (χ2n) is 8.33. The molecular weight excluding hydrogens is 336 g/mol. The molecule has 0 radical (unpaired) electrons. The summed E-state index contributed by atoms with van der Waals surface area (Å²) in [5.74, 6) is 1.05. The molecule has 2 atom stereocenters. The summed E-state index contributed by atoms with van der Waals surface area (Å²) in [7, 11) is 0. The summed E-state index contributed by atoms with van der Waals surface area (Å²) in [6.07, 6.45) is 19.3. The highest BCUT2D eigenvalue weighted by atomic mass is 16.7. The molecule has 0 aromatic heterocycles. The maximum atomic E-state index is 11.5. The van der Waals surface area contributed by atoms with E-state index >= 15 is 0 Å². The molecule has 160 valence electrons. The standard InChI is InChI=1S/C24H46O3/c1-6-7-8-15-18-22(4)19-16-13-11-9-10-12-14-17-20-26-24(25)27-23(5)21(2)3/h16,19,21-23H,6-15,17-18,20H2,1-5H3/b19-16+. The van der Waals surface area contributed by atoms with Gasteiger partial charge in [-0.15, -0.1) is 0 Å². The molecule has 0 heterocycles. The normalized spacial score (nSPS) is 13.9. The molecule has 0 amide bonds. The molecule has 27 heavy (non-hydrogen) atoms. The van der Waals surface area contributed by atoms with Gasteiger partial charge in [-0.3, -0.25) is 0 Å². The van der Waals surface area contributed by atoms with Gasteiger partial charge < -0.3 is 9.47 Å². The third kappa shape index (κ3) is 18.2. The summed E-state index contributed by atoms with van der Waals surface area (Å²) in [5.41, 5.74) is 0. The lowest BCUT2D eigenvalue weighted by atomic mass is 10.0. The quantitative estimate of drug-likeness (QED) is 0.145. The van der Waals surface area contributed by atoms with Crippen molar-refractivity contribution in [1.29, 1.82) is 0 Å². The number of carbonyl (C=O) groups excluding carboxylic acids is 1. The van der Waals surface area contributed by atoms with Crippen molar-refractivity contribution in [3.8, 4) is 0 Å². The Balaban J connectivity index is 3.37. The van der Waals surface area contributed by atoms with Crippen molar-refractivity contribution < 1.29 is 14.3 Å². The van der Waals surface area contributed by atoms with Crippen LogP contribution in [0.1, 0.15) is 112 Å². The first-order valence-corrected chi connectivity index (χ1v) is 11.5. The fourth-order valence-corrected chi connectivity index (χ4v) is 2.87. The lowest BCUT2D eigenvalue weighted by molar-refractivity contribution is 0.0140. The summed E-state index contributed by atoms with van der Waals surface area (Å²) >= 11 is 0. The van der Waals surface area contributed by atoms with Crippen LogP contribution in [0.3, 0.4) is 0 Å². The van der Waals surface area contributed by atoms with Crippen LogP contribution in [-0.2, 0) is 9.47 Å². The van der Waals surface area contributed by atoms with E-state index in [-0.39, 0.29) is 6.10 Å². The van der Waals surface area contributed by atoms with E-state index in [0.29, 0.717) is 12.5 Å². The molecule has 0 aliphatic carbocycles. The maximum absolute atomic E-state index is 11.5. The van der Waals surface area contributed by atoms with Crippen molar-refractivity contribution in [2.45, 2.75) is 118 Å². The van der Waals surface area contributed by atoms with Crippen LogP contribution in [0.25, 0.3) is 0 Å². The summed E-state index contributed by atoms with van der Waals surface area (Å²) in [6, 6.07) is 0. The van der Waals surface area contributed by atoms with Gasteiger partial charge in [-0.05, 0) is 44.4 Å². The van der Waals surface area contributed by atoms with Crippen LogP contribution in [0.15, 0.2) is 12.2 Å². The highest BCUT2D eigenvalue weighted by Crippen LogP contribution is 2.13. The van der Waals surface area contributed by atoms with Crippen molar-refractivity contribution in [2.24, 2.45) is 11.8 Å². The Labute approximate surface area is 169 Å². The first kappa shape index (κ1) is 26.0. The number of ether oxygens (including phenoxy) is 2. The van der Waals surface area contributed by atoms with Crippen LogP contribution >= 0.6 is 0 Å². The Kier molecular flexibility index (Phi) is 17.7. The van der Waals surface area contributed by atoms with E-state index in [1.165, 1.54) is 64.2 Å². The van der Waals surface area contributed by atoms with Gasteiger partial charge in [0.05, 0.1) is 6.61 Å². The van der Waals surface area contributed by atoms with E-state index < -0.39 is 6.16 Å². The Hall–Kier alpha value is -0.990. The fraction of sp³-hybridized carbons (Fsp3) is 0.875. The second-order valence-corrected chi connectivity index (χ2v) is 8.33. The number of unbranched alkanes of at least 4 members (excludes halogenated alkanes) is 9. The Morgan fingerprint density at radius 3 is 2.15 bits per heavy atom. The Morgan fingerprint density at radius 1 is 0.852 bits per heavy atom. The molecular formula is C24H46O3. The van der Waals surface area contributed by atoms with Gasteiger partial charge in [0.2, 0.25) is 0 Å². The van der Waals surface area contributed by atoms with Crippen molar-refractivity contribution in [3.05, 3.63) is 12.2 Å². The van der Waals surface area contributed by atoms with Gasteiger partial charge in [0.15, 0.2) is 0 Å². The zero-order valence-corrected chi connectivity index (χ0v) is 18.8. The van der Waals surface area contributed by atoms with Crippen LogP contribution in [0.5, 0.6) is 0 Å². The zero-order chi connectivity index (χ0) is 20.3. The van der Waals surface area contributed by atoms with Crippen molar-refractivity contribution >= 4 is 6.16 Å². The summed E-state index contributed by atoms with van der Waals surface area (Å²) in [4.78, 5) is 11.5. The van der Waals surface area contributed by atoms with Crippen LogP contribution in [0, 0.1) is 11.8 Å². The zero-order valence-electron chi connectivity index (χ0n) is 18.8. The smallest absolute Gasteiger partial charge is 0.434 e. The van der Waals surface area contributed by atoms with Gasteiger partial charge in [0.25, 0.3) is 0 Å². The van der Waals surface area contributed by atoms with E-state index in [9.17, 15) is 4.79 Å². The number of rotatable bonds is 17. The number of hydrogen-bond donors (Lipinski definition) is 0. The topological polar surface area (TPSA) is 35.5 Å². The minimum atomic E-state index is -0.525. The maximum Gasteiger partial charge on any atom is 0.508 e. The molecule has 0 aromatic rings. The lowest BCUT2D eigenvalue weighted by Gasteiger charge is -2.16. The molecule has 0 aromatic carbocycles. The third-order valence-corrected chi connectivity index (χ3v) is 5.18. The monoisotopic (exact) mass is 382 g/mol. The van der Waals surface area contributed by atoms with E-state index in [1.807, 2.05) is 20.8 Å². The molecule has 0 rings (SSSR count). The molecule has 0 fully saturated rings. The largest absolute Gasteiger partial charge is 0.508 e. The lowest BCUT2D eigenvalue weighted by Crippen LogP contribution is -2.21. The van der Waals surface area contributed by atoms with Gasteiger partial charge in [0.1, 0.15) is 6.10 Å². The Morgan fingerprint density at radius 2 is 1.48 bits per heavy atom. The Bertz CT molecular complexity index is 363. The molecule has 0 saturated heterocycles. The predicted molar refractivity (Wildman–Crippen MR) is 116 cm³/mol. The highest BCUT2D eigenvalue weighted by molar-refractivity contribution is 5.60. The van der Waals surface area contributed by atoms with E-state index in [2.05, 4.69) is 26.0 Å². The van der Waals surface area contributed by atoms with Gasteiger partial charge in [0, 0.05) is 0 Å². The first-order chi connectivity index (χ1) is 13.0. The minimum Gasteiger partial charge on any atom is -0.434 e. The molecule has 0 saturated carbocycles. The van der Waals surface area contributed by atoms with Crippen LogP contribution in [0.4, 0.5) is 4.79 Å². The van der Waals surface area contributed by atoms with Gasteiger partial charge in [-0.2, -0.15) is 0 Å². The molecule has 3 heteroatoms. The van der Waals surface area contributed by atoms with Gasteiger partial charge >= 0.3 is 6.16 Å². The van der Waals surface area contributed by atoms with E-state index in [1.54, 1.807) is 0 Å². The minimum absolute atomic E-state index is 0.0874. The molecule has 0 N–H and O–H groups in total. The molecule has 3 nitrogen and oxygen atoms in total. The molecule has 0 spiro atoms. The fourth-order valence-electron chi connectivity index (χ4n) is 2.87. The van der Waals surface area contributed by atoms with E-state index in [0.717, 1.165) is 18.8 Å². The van der Waals surface area contributed by atoms with Crippen molar-refractivity contribution in [2.75, 3.05) is 6.61 Å². The summed E-state index contributed by atoms with van der Waals surface area (Å²) < 4.78 is 10.3. The van der Waals surface area contributed by atoms with Crippen molar-refractivity contribution in [1.82, 2.24) is 0 Å². The molecule has 2 unspecified atom stereocenters. The SMILES string of the molecule is CCCCCCC(C)/C=C/CCCCCCCCOC(=O)OC(C)C(C)C. The van der Waals surface area contributed by atoms with Gasteiger partial charge in [-0.25, -0.2) is 4.79 Å². The highest BCUT2D eigenvalue weighted by Gasteiger charge is 2.13. The summed E-state index contributed by atoms with van der Waals surface area (Å²) in [5, 5.41) is 0. The summed E-state index contributed by atoms with van der Waals surface area (Å²) in [6.45, 7) is 11.0. The second kappa shape index (κ2) is 18.4.